The molecule has 0 unspecified atom stereocenters. The van der Waals surface area contributed by atoms with Gasteiger partial charge in [-0.25, -0.2) is 4.98 Å². The molecule has 1 aromatic heterocycles. The fourth-order valence-corrected chi connectivity index (χ4v) is 1.96. The molecule has 2 aromatic rings. The van der Waals surface area contributed by atoms with Crippen molar-refractivity contribution in [2.75, 3.05) is 0 Å². The highest BCUT2D eigenvalue weighted by atomic mass is 127. The Morgan fingerprint density at radius 1 is 1.17 bits per heavy atom. The van der Waals surface area contributed by atoms with E-state index in [0.29, 0.717) is 5.82 Å². The molecule has 0 saturated heterocycles. The molecule has 2 nitrogen and oxygen atoms in total. The molecule has 0 saturated carbocycles. The summed E-state index contributed by atoms with van der Waals surface area (Å²) in [5.41, 5.74) is 0.822. The molecule has 0 aliphatic heterocycles. The van der Waals surface area contributed by atoms with Crippen molar-refractivity contribution in [3.8, 4) is 11.4 Å². The molecule has 0 fully saturated rings. The molecule has 0 spiro atoms. The topological polar surface area (TPSA) is 17.8 Å². The van der Waals surface area contributed by atoms with Crippen LogP contribution in [-0.4, -0.2) is 15.7 Å². The summed E-state index contributed by atoms with van der Waals surface area (Å²) < 4.78 is 39.2. The van der Waals surface area contributed by atoms with E-state index in [9.17, 15) is 13.2 Å². The Morgan fingerprint density at radius 2 is 1.83 bits per heavy atom. The summed E-state index contributed by atoms with van der Waals surface area (Å²) in [6.45, 7) is -0.106. The number of alkyl halides is 3. The lowest BCUT2D eigenvalue weighted by atomic mass is 10.2. The van der Waals surface area contributed by atoms with Gasteiger partial charge in [-0.15, -0.1) is 0 Å². The quantitative estimate of drug-likeness (QED) is 0.748. The zero-order valence-corrected chi connectivity index (χ0v) is 11.4. The zero-order chi connectivity index (χ0) is 13.2. The Labute approximate surface area is 116 Å². The van der Waals surface area contributed by atoms with Gasteiger partial charge in [-0.1, -0.05) is 12.1 Å². The molecule has 1 aromatic carbocycles. The van der Waals surface area contributed by atoms with Crippen molar-refractivity contribution < 1.29 is 13.2 Å². The second-order valence-electron chi connectivity index (χ2n) is 3.82. The van der Waals surface area contributed by atoms with Crippen LogP contribution in [0.2, 0.25) is 0 Å². The molecule has 6 heteroatoms. The molecule has 0 amide bonds. The average Bonchev–Trinajstić information content (AvgIpc) is 2.75. The van der Waals surface area contributed by atoms with Crippen LogP contribution in [0.3, 0.4) is 0 Å². The SMILES string of the molecule is FC(F)(F)CCn1ccnc1-c1ccc(I)cc1. The van der Waals surface area contributed by atoms with Crippen molar-refractivity contribution >= 4 is 22.6 Å². The van der Waals surface area contributed by atoms with Crippen LogP contribution in [0.15, 0.2) is 36.7 Å². The van der Waals surface area contributed by atoms with Gasteiger partial charge in [-0.3, -0.25) is 0 Å². The van der Waals surface area contributed by atoms with Gasteiger partial charge < -0.3 is 4.57 Å². The number of hydrogen-bond donors (Lipinski definition) is 0. The van der Waals surface area contributed by atoms with Crippen LogP contribution in [0.25, 0.3) is 11.4 Å². The molecule has 0 N–H and O–H groups in total. The second kappa shape index (κ2) is 5.29. The number of nitrogens with zero attached hydrogens (tertiary/aromatic N) is 2. The van der Waals surface area contributed by atoms with Crippen LogP contribution in [0.4, 0.5) is 13.2 Å². The van der Waals surface area contributed by atoms with Crippen LogP contribution in [0.1, 0.15) is 6.42 Å². The number of benzene rings is 1. The minimum Gasteiger partial charge on any atom is -0.331 e. The number of aryl methyl sites for hydroxylation is 1. The molecule has 1 heterocycles. The number of halogens is 4. The van der Waals surface area contributed by atoms with Crippen LogP contribution in [0.5, 0.6) is 0 Å². The highest BCUT2D eigenvalue weighted by Gasteiger charge is 2.27. The van der Waals surface area contributed by atoms with Crippen molar-refractivity contribution in [2.24, 2.45) is 0 Å². The van der Waals surface area contributed by atoms with Crippen molar-refractivity contribution in [2.45, 2.75) is 19.1 Å². The summed E-state index contributed by atoms with van der Waals surface area (Å²) >= 11 is 2.17. The van der Waals surface area contributed by atoms with Crippen LogP contribution < -0.4 is 0 Å². The Kier molecular flexibility index (Phi) is 3.94. The molecule has 2 rings (SSSR count). The first-order chi connectivity index (χ1) is 8.46. The third-order valence-corrected chi connectivity index (χ3v) is 3.17. The summed E-state index contributed by atoms with van der Waals surface area (Å²) in [6, 6.07) is 7.51. The molecule has 0 bridgehead atoms. The minimum absolute atomic E-state index is 0.106. The van der Waals surface area contributed by atoms with E-state index >= 15 is 0 Å². The molecule has 18 heavy (non-hydrogen) atoms. The minimum atomic E-state index is -4.15. The Morgan fingerprint density at radius 3 is 2.44 bits per heavy atom. The van der Waals surface area contributed by atoms with E-state index in [1.54, 1.807) is 6.20 Å². The van der Waals surface area contributed by atoms with Crippen LogP contribution >= 0.6 is 22.6 Å². The van der Waals surface area contributed by atoms with Gasteiger partial charge in [-0.2, -0.15) is 13.2 Å². The normalized spacial score (nSPS) is 11.8. The van der Waals surface area contributed by atoms with Gasteiger partial charge in [0, 0.05) is 28.1 Å². The van der Waals surface area contributed by atoms with Gasteiger partial charge in [0.15, 0.2) is 0 Å². The predicted octanol–water partition coefficient (Wildman–Crippen LogP) is 4.11. The lowest BCUT2D eigenvalue weighted by molar-refractivity contribution is -0.136. The van der Waals surface area contributed by atoms with E-state index in [1.807, 2.05) is 24.3 Å². The van der Waals surface area contributed by atoms with Crippen molar-refractivity contribution in [3.05, 3.63) is 40.2 Å². The summed E-state index contributed by atoms with van der Waals surface area (Å²) in [6.07, 6.45) is -1.91. The number of rotatable bonds is 3. The first-order valence-corrected chi connectivity index (χ1v) is 6.37. The van der Waals surface area contributed by atoms with Gasteiger partial charge in [-0.05, 0) is 34.7 Å². The maximum absolute atomic E-state index is 12.2. The van der Waals surface area contributed by atoms with Crippen molar-refractivity contribution in [3.63, 3.8) is 0 Å². The summed E-state index contributed by atoms with van der Waals surface area (Å²) in [5, 5.41) is 0. The fourth-order valence-electron chi connectivity index (χ4n) is 1.60. The van der Waals surface area contributed by atoms with E-state index in [4.69, 9.17) is 0 Å². The molecule has 0 aliphatic carbocycles. The number of imidazole rings is 1. The predicted molar refractivity (Wildman–Crippen MR) is 71.1 cm³/mol. The van der Waals surface area contributed by atoms with E-state index in [1.165, 1.54) is 10.8 Å². The highest BCUT2D eigenvalue weighted by Crippen LogP contribution is 2.23. The van der Waals surface area contributed by atoms with E-state index in [-0.39, 0.29) is 6.54 Å². The smallest absolute Gasteiger partial charge is 0.331 e. The van der Waals surface area contributed by atoms with E-state index in [0.717, 1.165) is 9.13 Å². The third kappa shape index (κ3) is 3.47. The Bertz CT molecular complexity index is 517. The van der Waals surface area contributed by atoms with Gasteiger partial charge in [0.05, 0.1) is 6.42 Å². The molecular formula is C12H10F3IN2. The first kappa shape index (κ1) is 13.4. The van der Waals surface area contributed by atoms with Gasteiger partial charge in [0.2, 0.25) is 0 Å². The molecule has 0 atom stereocenters. The third-order valence-electron chi connectivity index (χ3n) is 2.45. The average molecular weight is 366 g/mol. The lowest BCUT2D eigenvalue weighted by Crippen LogP contribution is -2.12. The van der Waals surface area contributed by atoms with E-state index in [2.05, 4.69) is 27.6 Å². The first-order valence-electron chi connectivity index (χ1n) is 5.29. The highest BCUT2D eigenvalue weighted by molar-refractivity contribution is 14.1. The molecule has 0 aliphatic rings. The Balaban J connectivity index is 2.20. The lowest BCUT2D eigenvalue weighted by Gasteiger charge is -2.10. The summed E-state index contributed by atoms with van der Waals surface area (Å²) in [5.74, 6) is 0.565. The van der Waals surface area contributed by atoms with Crippen LogP contribution in [0, 0.1) is 3.57 Å². The summed E-state index contributed by atoms with van der Waals surface area (Å²) in [4.78, 5) is 4.11. The molecular weight excluding hydrogens is 356 g/mol. The maximum Gasteiger partial charge on any atom is 0.390 e. The van der Waals surface area contributed by atoms with Gasteiger partial charge in [0.1, 0.15) is 5.82 Å². The number of aromatic nitrogens is 2. The Hall–Kier alpha value is -1.05. The van der Waals surface area contributed by atoms with Gasteiger partial charge in [0.25, 0.3) is 0 Å². The van der Waals surface area contributed by atoms with Crippen molar-refractivity contribution in [1.82, 2.24) is 9.55 Å². The van der Waals surface area contributed by atoms with Crippen LogP contribution in [-0.2, 0) is 6.54 Å². The van der Waals surface area contributed by atoms with E-state index < -0.39 is 12.6 Å². The largest absolute Gasteiger partial charge is 0.390 e. The maximum atomic E-state index is 12.2. The zero-order valence-electron chi connectivity index (χ0n) is 9.28. The number of hydrogen-bond acceptors (Lipinski definition) is 1. The molecule has 96 valence electrons. The standard InChI is InChI=1S/C12H10F3IN2/c13-12(14,15)5-7-18-8-6-17-11(18)9-1-3-10(16)4-2-9/h1-4,6,8H,5,7H2. The van der Waals surface area contributed by atoms with Crippen molar-refractivity contribution in [1.29, 1.82) is 0 Å². The summed E-state index contributed by atoms with van der Waals surface area (Å²) in [7, 11) is 0. The molecule has 0 radical (unpaired) electrons. The second-order valence-corrected chi connectivity index (χ2v) is 5.06. The van der Waals surface area contributed by atoms with Gasteiger partial charge >= 0.3 is 6.18 Å². The monoisotopic (exact) mass is 366 g/mol. The fraction of sp³-hybridized carbons (Fsp3) is 0.250.